The SMILES string of the molecule is CCCN(Cc1ccc(Oc2ccccc2)cc1)C(=O)[C@H]1[C@@H](C(=O)C=[N+]=[N-])[C@H](C(=O)OC)[C@@H]1C(=O)N(CCC)Cc1ccc(Oc2ccccc2)cc1. The molecule has 1 saturated carbocycles. The lowest BCUT2D eigenvalue weighted by Crippen LogP contribution is -2.64. The van der Waals surface area contributed by atoms with Crippen LogP contribution in [0.25, 0.3) is 5.53 Å². The van der Waals surface area contributed by atoms with Crippen molar-refractivity contribution in [3.8, 4) is 23.0 Å². The molecule has 0 heterocycles. The molecule has 4 aromatic carbocycles. The third kappa shape index (κ3) is 9.44. The zero-order valence-electron chi connectivity index (χ0n) is 30.2. The molecule has 4 atom stereocenters. The van der Waals surface area contributed by atoms with Gasteiger partial charge in [0.25, 0.3) is 0 Å². The molecule has 2 amide bonds. The Labute approximate surface area is 309 Å². The lowest BCUT2D eigenvalue weighted by atomic mass is 9.54. The Balaban J connectivity index is 1.40. The van der Waals surface area contributed by atoms with Gasteiger partial charge in [-0.15, -0.1) is 0 Å². The summed E-state index contributed by atoms with van der Waals surface area (Å²) in [6.07, 6.45) is 1.90. The van der Waals surface area contributed by atoms with Crippen molar-refractivity contribution in [2.75, 3.05) is 20.2 Å². The first kappa shape index (κ1) is 38.2. The van der Waals surface area contributed by atoms with Crippen LogP contribution in [0.5, 0.6) is 23.0 Å². The minimum atomic E-state index is -1.25. The number of carbonyl (C=O) groups is 4. The van der Waals surface area contributed by atoms with Gasteiger partial charge in [0.05, 0.1) is 30.8 Å². The molecule has 5 rings (SSSR count). The summed E-state index contributed by atoms with van der Waals surface area (Å²) in [6.45, 7) is 4.95. The smallest absolute Gasteiger partial charge is 0.323 e. The number of benzene rings is 4. The van der Waals surface area contributed by atoms with E-state index in [1.165, 1.54) is 7.11 Å². The summed E-state index contributed by atoms with van der Waals surface area (Å²) in [7, 11) is 1.18. The molecule has 0 saturated heterocycles. The molecule has 0 aromatic heterocycles. The van der Waals surface area contributed by atoms with Crippen molar-refractivity contribution in [1.82, 2.24) is 9.80 Å². The molecule has 1 aliphatic rings. The second kappa shape index (κ2) is 18.4. The van der Waals surface area contributed by atoms with Gasteiger partial charge in [-0.25, -0.2) is 0 Å². The highest BCUT2D eigenvalue weighted by Crippen LogP contribution is 2.49. The van der Waals surface area contributed by atoms with Gasteiger partial charge in [-0.3, -0.25) is 19.2 Å². The molecule has 0 radical (unpaired) electrons. The van der Waals surface area contributed by atoms with Gasteiger partial charge in [-0.1, -0.05) is 74.5 Å². The largest absolute Gasteiger partial charge is 0.469 e. The number of hydrogen-bond acceptors (Lipinski definition) is 7. The molecule has 11 heteroatoms. The normalized spacial score (nSPS) is 17.3. The first-order valence-electron chi connectivity index (χ1n) is 17.8. The van der Waals surface area contributed by atoms with Crippen LogP contribution in [0.2, 0.25) is 0 Å². The van der Waals surface area contributed by atoms with E-state index in [1.807, 2.05) is 123 Å². The van der Waals surface area contributed by atoms with Crippen molar-refractivity contribution >= 4 is 29.8 Å². The Morgan fingerprint density at radius 2 is 1.00 bits per heavy atom. The van der Waals surface area contributed by atoms with Crippen molar-refractivity contribution in [1.29, 1.82) is 0 Å². The van der Waals surface area contributed by atoms with E-state index in [1.54, 1.807) is 9.80 Å². The first-order valence-corrected chi connectivity index (χ1v) is 17.8. The number of methoxy groups -OCH3 is 1. The molecule has 53 heavy (non-hydrogen) atoms. The fourth-order valence-electron chi connectivity index (χ4n) is 6.80. The monoisotopic (exact) mass is 716 g/mol. The Morgan fingerprint density at radius 3 is 1.38 bits per heavy atom. The number of ether oxygens (including phenoxy) is 3. The maximum atomic E-state index is 14.5. The lowest BCUT2D eigenvalue weighted by Gasteiger charge is -2.49. The highest BCUT2D eigenvalue weighted by Gasteiger charge is 2.65. The van der Waals surface area contributed by atoms with Crippen LogP contribution in [-0.2, 0) is 37.0 Å². The van der Waals surface area contributed by atoms with Crippen LogP contribution in [0.1, 0.15) is 37.8 Å². The van der Waals surface area contributed by atoms with Crippen LogP contribution >= 0.6 is 0 Å². The van der Waals surface area contributed by atoms with Gasteiger partial charge in [0.1, 0.15) is 23.0 Å². The molecular weight excluding hydrogens is 672 g/mol. The van der Waals surface area contributed by atoms with Crippen LogP contribution in [0, 0.1) is 23.7 Å². The van der Waals surface area contributed by atoms with Gasteiger partial charge in [0.15, 0.2) is 0 Å². The summed E-state index contributed by atoms with van der Waals surface area (Å²) in [5.74, 6) is -4.62. The van der Waals surface area contributed by atoms with Gasteiger partial charge in [-0.05, 0) is 72.5 Å². The van der Waals surface area contributed by atoms with E-state index in [4.69, 9.17) is 14.2 Å². The number of hydrogen-bond donors (Lipinski definition) is 0. The molecule has 0 N–H and O–H groups in total. The number of ketones is 1. The van der Waals surface area contributed by atoms with Crippen molar-refractivity contribution in [3.63, 3.8) is 0 Å². The standard InChI is InChI=1S/C42H44N4O7/c1-4-24-45(27-29-16-20-33(21-17-29)52-31-12-8-6-9-13-31)40(48)37-36(35(47)26-44-43)39(42(50)51-3)38(37)41(49)46(25-5-2)28-30-18-22-34(23-19-30)53-32-14-10-7-11-15-32/h6-23,26,36-39H,4-5,24-25,27-28H2,1-3H3/t36-,37+,38-,39+/m1/s1. The summed E-state index contributed by atoms with van der Waals surface area (Å²) in [5, 5.41) is 0. The molecule has 0 spiro atoms. The van der Waals surface area contributed by atoms with Gasteiger partial charge in [-0.2, -0.15) is 4.79 Å². The van der Waals surface area contributed by atoms with E-state index in [9.17, 15) is 24.7 Å². The second-order valence-electron chi connectivity index (χ2n) is 12.9. The summed E-state index contributed by atoms with van der Waals surface area (Å²) >= 11 is 0. The van der Waals surface area contributed by atoms with Crippen molar-refractivity contribution in [3.05, 3.63) is 126 Å². The molecule has 4 aromatic rings. The number of carbonyl (C=O) groups excluding carboxylic acids is 4. The van der Waals surface area contributed by atoms with Crippen LogP contribution in [-0.4, -0.2) is 64.6 Å². The van der Waals surface area contributed by atoms with Crippen molar-refractivity contribution in [2.24, 2.45) is 23.7 Å². The predicted octanol–water partition coefficient (Wildman–Crippen LogP) is 6.97. The van der Waals surface area contributed by atoms with Gasteiger partial charge in [0.2, 0.25) is 17.6 Å². The number of amides is 2. The Kier molecular flexibility index (Phi) is 13.3. The van der Waals surface area contributed by atoms with Crippen molar-refractivity contribution < 1.29 is 38.2 Å². The molecular formula is C42H44N4O7. The van der Waals surface area contributed by atoms with E-state index in [0.29, 0.717) is 55.1 Å². The average molecular weight is 717 g/mol. The molecule has 0 aliphatic heterocycles. The highest BCUT2D eigenvalue weighted by atomic mass is 16.5. The van der Waals surface area contributed by atoms with Crippen LogP contribution in [0.15, 0.2) is 109 Å². The molecule has 274 valence electrons. The fraction of sp³-hybridized carbons (Fsp3) is 0.310. The van der Waals surface area contributed by atoms with E-state index in [-0.39, 0.29) is 13.1 Å². The number of esters is 1. The molecule has 11 nitrogen and oxygen atoms in total. The minimum absolute atomic E-state index is 0.198. The number of rotatable bonds is 17. The van der Waals surface area contributed by atoms with Gasteiger partial charge < -0.3 is 29.5 Å². The molecule has 1 fully saturated rings. The minimum Gasteiger partial charge on any atom is -0.469 e. The first-order chi connectivity index (χ1) is 25.8. The molecule has 1 aliphatic carbocycles. The topological polar surface area (TPSA) is 139 Å². The summed E-state index contributed by atoms with van der Waals surface area (Å²) in [6, 6.07) is 33.4. The summed E-state index contributed by atoms with van der Waals surface area (Å²) in [4.78, 5) is 61.9. The third-order valence-electron chi connectivity index (χ3n) is 9.27. The predicted molar refractivity (Wildman–Crippen MR) is 198 cm³/mol. The second-order valence-corrected chi connectivity index (χ2v) is 12.9. The summed E-state index contributed by atoms with van der Waals surface area (Å²) in [5.41, 5.74) is 10.9. The molecule has 0 bridgehead atoms. The zero-order valence-corrected chi connectivity index (χ0v) is 30.2. The number of Topliss-reactive ketones (excluding diaryl/α,β-unsaturated/α-hetero) is 1. The lowest BCUT2D eigenvalue weighted by molar-refractivity contribution is -0.182. The Hall–Kier alpha value is -6.06. The van der Waals surface area contributed by atoms with E-state index in [0.717, 1.165) is 11.1 Å². The number of nitrogens with zero attached hydrogens (tertiary/aromatic N) is 4. The van der Waals surface area contributed by atoms with Gasteiger partial charge >= 0.3 is 12.2 Å². The zero-order chi connectivity index (χ0) is 37.7. The highest BCUT2D eigenvalue weighted by molar-refractivity contribution is 6.28. The van der Waals surface area contributed by atoms with Gasteiger partial charge in [0, 0.05) is 26.2 Å². The average Bonchev–Trinajstić information content (AvgIpc) is 3.16. The Morgan fingerprint density at radius 1 is 0.604 bits per heavy atom. The quantitative estimate of drug-likeness (QED) is 0.0498. The van der Waals surface area contributed by atoms with E-state index < -0.39 is 47.2 Å². The fourth-order valence-corrected chi connectivity index (χ4v) is 6.80. The molecule has 0 unspecified atom stereocenters. The van der Waals surface area contributed by atoms with Crippen molar-refractivity contribution in [2.45, 2.75) is 39.8 Å². The van der Waals surface area contributed by atoms with Crippen LogP contribution in [0.4, 0.5) is 0 Å². The van der Waals surface area contributed by atoms with E-state index >= 15 is 0 Å². The van der Waals surface area contributed by atoms with E-state index in [2.05, 4.69) is 4.79 Å². The van der Waals surface area contributed by atoms with Crippen LogP contribution < -0.4 is 9.47 Å². The van der Waals surface area contributed by atoms with Crippen LogP contribution in [0.3, 0.4) is 0 Å². The Bertz CT molecular complexity index is 1900. The summed E-state index contributed by atoms with van der Waals surface area (Å²) < 4.78 is 16.9. The third-order valence-corrected chi connectivity index (χ3v) is 9.27. The maximum absolute atomic E-state index is 14.5. The maximum Gasteiger partial charge on any atom is 0.323 e. The number of para-hydroxylation sites is 2.